The predicted molar refractivity (Wildman–Crippen MR) is 87.2 cm³/mol. The van der Waals surface area contributed by atoms with Gasteiger partial charge in [-0.05, 0) is 37.2 Å². The molecule has 2 rings (SSSR count). The first-order chi connectivity index (χ1) is 10.1. The number of hydrogen-bond acceptors (Lipinski definition) is 3. The topological polar surface area (TPSA) is 39.1 Å². The lowest BCUT2D eigenvalue weighted by Crippen LogP contribution is -2.18. The quantitative estimate of drug-likeness (QED) is 0.913. The Labute approximate surface area is 126 Å². The van der Waals surface area contributed by atoms with Crippen LogP contribution in [0.4, 0.5) is 5.69 Å². The molecule has 21 heavy (non-hydrogen) atoms. The number of benzene rings is 2. The zero-order valence-corrected chi connectivity index (χ0v) is 12.9. The molecule has 0 atom stereocenters. The first-order valence-corrected chi connectivity index (χ1v) is 7.08. The predicted octanol–water partition coefficient (Wildman–Crippen LogP) is 3.22. The normalized spacial score (nSPS) is 10.2. The zero-order chi connectivity index (χ0) is 15.2. The number of nitrogens with one attached hydrogen (secondary N) is 1. The van der Waals surface area contributed by atoms with Crippen LogP contribution in [0.2, 0.25) is 0 Å². The van der Waals surface area contributed by atoms with Gasteiger partial charge < -0.3 is 10.2 Å². The van der Waals surface area contributed by atoms with E-state index in [9.17, 15) is 5.26 Å². The zero-order valence-electron chi connectivity index (χ0n) is 12.9. The lowest BCUT2D eigenvalue weighted by Gasteiger charge is -2.21. The van der Waals surface area contributed by atoms with E-state index < -0.39 is 0 Å². The molecule has 0 saturated heterocycles. The van der Waals surface area contributed by atoms with Crippen LogP contribution in [-0.4, -0.2) is 14.1 Å². The van der Waals surface area contributed by atoms with Gasteiger partial charge in [-0.25, -0.2) is 0 Å². The second-order valence-electron chi connectivity index (χ2n) is 5.34. The summed E-state index contributed by atoms with van der Waals surface area (Å²) in [6.45, 7) is 3.65. The number of nitriles is 1. The van der Waals surface area contributed by atoms with Crippen LogP contribution in [0.15, 0.2) is 42.5 Å². The summed E-state index contributed by atoms with van der Waals surface area (Å²) >= 11 is 0. The highest BCUT2D eigenvalue weighted by molar-refractivity contribution is 5.60. The summed E-state index contributed by atoms with van der Waals surface area (Å²) in [5, 5.41) is 12.5. The molecule has 2 aromatic carbocycles. The molecule has 3 nitrogen and oxygen atoms in total. The molecule has 0 unspecified atom stereocenters. The van der Waals surface area contributed by atoms with E-state index in [1.54, 1.807) is 0 Å². The Morgan fingerprint density at radius 2 is 1.76 bits per heavy atom. The van der Waals surface area contributed by atoms with E-state index in [1.807, 2.05) is 26.2 Å². The van der Waals surface area contributed by atoms with Crippen LogP contribution in [-0.2, 0) is 13.1 Å². The fourth-order valence-corrected chi connectivity index (χ4v) is 2.37. The third-order valence-corrected chi connectivity index (χ3v) is 3.51. The Balaban J connectivity index is 2.20. The highest BCUT2D eigenvalue weighted by Crippen LogP contribution is 2.22. The molecule has 0 heterocycles. The third-order valence-electron chi connectivity index (χ3n) is 3.51. The number of nitrogens with zero attached hydrogens (tertiary/aromatic N) is 2. The van der Waals surface area contributed by atoms with Crippen LogP contribution >= 0.6 is 0 Å². The van der Waals surface area contributed by atoms with Gasteiger partial charge in [-0.2, -0.15) is 5.26 Å². The minimum atomic E-state index is 0.720. The molecule has 3 heteroatoms. The van der Waals surface area contributed by atoms with Gasteiger partial charge in [-0.3, -0.25) is 0 Å². The van der Waals surface area contributed by atoms with Gasteiger partial charge in [0.1, 0.15) is 6.07 Å². The molecule has 0 amide bonds. The second kappa shape index (κ2) is 6.92. The molecule has 0 aliphatic heterocycles. The standard InChI is InChI=1S/C18H21N3/c1-14-4-6-15(7-5-14)13-21(3)18-9-8-16(12-20-2)10-17(18)11-19/h4-10,20H,12-13H2,1-3H3. The molecular weight excluding hydrogens is 258 g/mol. The number of anilines is 1. The fourth-order valence-electron chi connectivity index (χ4n) is 2.37. The first kappa shape index (κ1) is 15.1. The molecule has 108 valence electrons. The van der Waals surface area contributed by atoms with E-state index in [-0.39, 0.29) is 0 Å². The van der Waals surface area contributed by atoms with Crippen molar-refractivity contribution in [2.45, 2.75) is 20.0 Å². The molecule has 0 aromatic heterocycles. The van der Waals surface area contributed by atoms with Crippen molar-refractivity contribution in [1.29, 1.82) is 5.26 Å². The Kier molecular flexibility index (Phi) is 4.97. The van der Waals surface area contributed by atoms with E-state index in [4.69, 9.17) is 0 Å². The molecule has 0 fully saturated rings. The van der Waals surface area contributed by atoms with E-state index in [1.165, 1.54) is 11.1 Å². The van der Waals surface area contributed by atoms with Crippen molar-refractivity contribution in [1.82, 2.24) is 5.32 Å². The summed E-state index contributed by atoms with van der Waals surface area (Å²) in [6.07, 6.45) is 0. The molecule has 0 aliphatic carbocycles. The van der Waals surface area contributed by atoms with Gasteiger partial charge in [0.25, 0.3) is 0 Å². The van der Waals surface area contributed by atoms with Gasteiger partial charge in [-0.1, -0.05) is 35.9 Å². The van der Waals surface area contributed by atoms with Gasteiger partial charge in [0.15, 0.2) is 0 Å². The van der Waals surface area contributed by atoms with Gasteiger partial charge >= 0.3 is 0 Å². The van der Waals surface area contributed by atoms with Gasteiger partial charge in [0.2, 0.25) is 0 Å². The van der Waals surface area contributed by atoms with Crippen molar-refractivity contribution < 1.29 is 0 Å². The van der Waals surface area contributed by atoms with Crippen molar-refractivity contribution in [2.24, 2.45) is 0 Å². The minimum Gasteiger partial charge on any atom is -0.369 e. The van der Waals surface area contributed by atoms with Gasteiger partial charge in [0, 0.05) is 20.1 Å². The maximum absolute atomic E-state index is 9.37. The largest absolute Gasteiger partial charge is 0.369 e. The summed E-state index contributed by atoms with van der Waals surface area (Å²) in [5.74, 6) is 0. The number of hydrogen-bond donors (Lipinski definition) is 1. The molecule has 1 N–H and O–H groups in total. The molecule has 0 aliphatic rings. The smallest absolute Gasteiger partial charge is 0.101 e. The third kappa shape index (κ3) is 3.84. The van der Waals surface area contributed by atoms with Crippen LogP contribution in [0.5, 0.6) is 0 Å². The summed E-state index contributed by atoms with van der Waals surface area (Å²) < 4.78 is 0. The van der Waals surface area contributed by atoms with E-state index in [2.05, 4.69) is 53.5 Å². The fraction of sp³-hybridized carbons (Fsp3) is 0.278. The van der Waals surface area contributed by atoms with Crippen LogP contribution < -0.4 is 10.2 Å². The van der Waals surface area contributed by atoms with Crippen molar-refractivity contribution in [2.75, 3.05) is 19.0 Å². The van der Waals surface area contributed by atoms with E-state index in [0.717, 1.165) is 29.9 Å². The SMILES string of the molecule is CNCc1ccc(N(C)Cc2ccc(C)cc2)c(C#N)c1. The van der Waals surface area contributed by atoms with Crippen molar-refractivity contribution in [3.63, 3.8) is 0 Å². The molecule has 0 bridgehead atoms. The van der Waals surface area contributed by atoms with Crippen LogP contribution in [0, 0.1) is 18.3 Å². The van der Waals surface area contributed by atoms with Crippen LogP contribution in [0.3, 0.4) is 0 Å². The molecule has 0 spiro atoms. The summed E-state index contributed by atoms with van der Waals surface area (Å²) in [6, 6.07) is 16.8. The van der Waals surface area contributed by atoms with Gasteiger partial charge in [-0.15, -0.1) is 0 Å². The second-order valence-corrected chi connectivity index (χ2v) is 5.34. The molecule has 2 aromatic rings. The van der Waals surface area contributed by atoms with Crippen molar-refractivity contribution in [3.05, 3.63) is 64.7 Å². The summed E-state index contributed by atoms with van der Waals surface area (Å²) in [4.78, 5) is 2.12. The Morgan fingerprint density at radius 1 is 1.10 bits per heavy atom. The Bertz CT molecular complexity index is 639. The maximum Gasteiger partial charge on any atom is 0.101 e. The first-order valence-electron chi connectivity index (χ1n) is 7.08. The molecule has 0 saturated carbocycles. The molecule has 0 radical (unpaired) electrons. The van der Waals surface area contributed by atoms with E-state index in [0.29, 0.717) is 0 Å². The maximum atomic E-state index is 9.37. The highest BCUT2D eigenvalue weighted by atomic mass is 15.1. The minimum absolute atomic E-state index is 0.720. The van der Waals surface area contributed by atoms with Crippen molar-refractivity contribution in [3.8, 4) is 6.07 Å². The lowest BCUT2D eigenvalue weighted by molar-refractivity contribution is 0.816. The highest BCUT2D eigenvalue weighted by Gasteiger charge is 2.09. The number of aryl methyl sites for hydroxylation is 1. The van der Waals surface area contributed by atoms with Gasteiger partial charge in [0.05, 0.1) is 11.3 Å². The monoisotopic (exact) mass is 279 g/mol. The molecular formula is C18H21N3. The summed E-state index contributed by atoms with van der Waals surface area (Å²) in [7, 11) is 3.93. The van der Waals surface area contributed by atoms with Crippen molar-refractivity contribution >= 4 is 5.69 Å². The van der Waals surface area contributed by atoms with E-state index >= 15 is 0 Å². The lowest BCUT2D eigenvalue weighted by atomic mass is 10.1. The Morgan fingerprint density at radius 3 is 2.38 bits per heavy atom. The Hall–Kier alpha value is -2.31. The summed E-state index contributed by atoms with van der Waals surface area (Å²) in [5.41, 5.74) is 5.32. The van der Waals surface area contributed by atoms with Crippen LogP contribution in [0.1, 0.15) is 22.3 Å². The average Bonchev–Trinajstić information content (AvgIpc) is 2.49. The van der Waals surface area contributed by atoms with Crippen LogP contribution in [0.25, 0.3) is 0 Å². The number of rotatable bonds is 5. The average molecular weight is 279 g/mol.